The lowest BCUT2D eigenvalue weighted by Crippen LogP contribution is -2.28. The highest BCUT2D eigenvalue weighted by Crippen LogP contribution is 2.44. The molecule has 1 atom stereocenters. The Kier molecular flexibility index (Phi) is 5.34. The van der Waals surface area contributed by atoms with Gasteiger partial charge in [0, 0.05) is 12.0 Å². The van der Waals surface area contributed by atoms with Crippen LogP contribution in [0.5, 0.6) is 0 Å². The third-order valence-corrected chi connectivity index (χ3v) is 4.89. The second-order valence-electron chi connectivity index (χ2n) is 6.62. The minimum absolute atomic E-state index is 0.254. The van der Waals surface area contributed by atoms with E-state index < -0.39 is 5.60 Å². The molecule has 0 bridgehead atoms. The lowest BCUT2D eigenvalue weighted by atomic mass is 9.84. The lowest BCUT2D eigenvalue weighted by Gasteiger charge is -2.30. The molecule has 27 heavy (non-hydrogen) atoms. The summed E-state index contributed by atoms with van der Waals surface area (Å²) in [6.07, 6.45) is 1.48. The minimum atomic E-state index is -0.458. The van der Waals surface area contributed by atoms with E-state index in [0.717, 1.165) is 29.5 Å². The first kappa shape index (κ1) is 17.5. The Balaban J connectivity index is 1.48. The Morgan fingerprint density at radius 1 is 0.815 bits per heavy atom. The van der Waals surface area contributed by atoms with Crippen molar-refractivity contribution in [2.45, 2.75) is 24.7 Å². The highest BCUT2D eigenvalue weighted by Gasteiger charge is 2.43. The second-order valence-corrected chi connectivity index (χ2v) is 6.62. The van der Waals surface area contributed by atoms with Gasteiger partial charge in [-0.15, -0.1) is 0 Å². The molecule has 4 rings (SSSR count). The molecule has 3 aromatic carbocycles. The summed E-state index contributed by atoms with van der Waals surface area (Å²) in [4.78, 5) is 0. The predicted octanol–water partition coefficient (Wildman–Crippen LogP) is 5.14. The zero-order valence-electron chi connectivity index (χ0n) is 15.2. The average Bonchev–Trinajstić information content (AvgIpc) is 3.19. The molecule has 1 heterocycles. The van der Waals surface area contributed by atoms with E-state index in [-0.39, 0.29) is 6.29 Å². The molecule has 1 aliphatic rings. The Morgan fingerprint density at radius 2 is 1.37 bits per heavy atom. The quantitative estimate of drug-likeness (QED) is 0.604. The van der Waals surface area contributed by atoms with Gasteiger partial charge in [-0.3, -0.25) is 0 Å². The van der Waals surface area contributed by atoms with E-state index in [1.165, 1.54) is 0 Å². The van der Waals surface area contributed by atoms with Gasteiger partial charge in [0.25, 0.3) is 0 Å². The number of rotatable bonds is 4. The predicted molar refractivity (Wildman–Crippen MR) is 107 cm³/mol. The van der Waals surface area contributed by atoms with Gasteiger partial charge in [-0.25, -0.2) is 0 Å². The molecule has 2 heteroatoms. The standard InChI is InChI=1S/C25H22O2/c1-4-11-21(12-5-1)13-10-20-26-24-18-19-25(27-24,22-14-6-2-7-15-22)23-16-8-3-9-17-23/h1-9,11-12,14-17,24H,18-20H2. The fraction of sp³-hybridized carbons (Fsp3) is 0.200. The number of benzene rings is 3. The largest absolute Gasteiger partial charge is 0.340 e. The average molecular weight is 354 g/mol. The van der Waals surface area contributed by atoms with E-state index in [0.29, 0.717) is 6.61 Å². The van der Waals surface area contributed by atoms with Crippen LogP contribution in [-0.2, 0) is 15.1 Å². The van der Waals surface area contributed by atoms with Crippen molar-refractivity contribution in [3.05, 3.63) is 108 Å². The third kappa shape index (κ3) is 3.95. The van der Waals surface area contributed by atoms with Gasteiger partial charge < -0.3 is 9.47 Å². The second kappa shape index (κ2) is 8.22. The van der Waals surface area contributed by atoms with Gasteiger partial charge in [-0.05, 0) is 29.7 Å². The van der Waals surface area contributed by atoms with Crippen molar-refractivity contribution in [1.29, 1.82) is 0 Å². The van der Waals surface area contributed by atoms with E-state index in [9.17, 15) is 0 Å². The van der Waals surface area contributed by atoms with E-state index in [1.54, 1.807) is 0 Å². The van der Waals surface area contributed by atoms with Crippen LogP contribution in [0.2, 0.25) is 0 Å². The summed E-state index contributed by atoms with van der Waals surface area (Å²) in [6, 6.07) is 30.8. The molecule has 1 aliphatic heterocycles. The highest BCUT2D eigenvalue weighted by molar-refractivity contribution is 5.37. The van der Waals surface area contributed by atoms with E-state index in [2.05, 4.69) is 60.4 Å². The molecule has 1 unspecified atom stereocenters. The van der Waals surface area contributed by atoms with E-state index in [1.807, 2.05) is 42.5 Å². The lowest BCUT2D eigenvalue weighted by molar-refractivity contribution is -0.152. The molecule has 0 aliphatic carbocycles. The topological polar surface area (TPSA) is 18.5 Å². The summed E-state index contributed by atoms with van der Waals surface area (Å²) < 4.78 is 12.4. The SMILES string of the molecule is C(#Cc1ccccc1)COC1CCC(c2ccccc2)(c2ccccc2)O1. The molecular formula is C25H22O2. The molecule has 0 saturated carbocycles. The van der Waals surface area contributed by atoms with Gasteiger partial charge in [0.2, 0.25) is 0 Å². The minimum Gasteiger partial charge on any atom is -0.340 e. The Hall–Kier alpha value is -2.86. The first-order valence-electron chi connectivity index (χ1n) is 9.31. The van der Waals surface area contributed by atoms with Crippen molar-refractivity contribution in [3.63, 3.8) is 0 Å². The Morgan fingerprint density at radius 3 is 1.96 bits per heavy atom. The summed E-state index contributed by atoms with van der Waals surface area (Å²) in [6.45, 7) is 0.360. The van der Waals surface area contributed by atoms with Gasteiger partial charge in [0.1, 0.15) is 12.2 Å². The van der Waals surface area contributed by atoms with Gasteiger partial charge in [-0.1, -0.05) is 90.7 Å². The zero-order valence-corrected chi connectivity index (χ0v) is 15.2. The smallest absolute Gasteiger partial charge is 0.160 e. The highest BCUT2D eigenvalue weighted by atomic mass is 16.7. The fourth-order valence-corrected chi connectivity index (χ4v) is 3.58. The third-order valence-electron chi connectivity index (χ3n) is 4.89. The molecule has 1 saturated heterocycles. The molecule has 0 N–H and O–H groups in total. The van der Waals surface area contributed by atoms with E-state index >= 15 is 0 Å². The maximum Gasteiger partial charge on any atom is 0.160 e. The monoisotopic (exact) mass is 354 g/mol. The van der Waals surface area contributed by atoms with Crippen molar-refractivity contribution >= 4 is 0 Å². The van der Waals surface area contributed by atoms with Gasteiger partial charge >= 0.3 is 0 Å². The molecule has 0 spiro atoms. The van der Waals surface area contributed by atoms with Crippen LogP contribution >= 0.6 is 0 Å². The zero-order chi connectivity index (χ0) is 18.4. The molecule has 134 valence electrons. The van der Waals surface area contributed by atoms with E-state index in [4.69, 9.17) is 9.47 Å². The van der Waals surface area contributed by atoms with Crippen molar-refractivity contribution in [2.24, 2.45) is 0 Å². The Bertz CT molecular complexity index is 869. The van der Waals surface area contributed by atoms with Gasteiger partial charge in [-0.2, -0.15) is 0 Å². The van der Waals surface area contributed by atoms with Crippen molar-refractivity contribution in [3.8, 4) is 11.8 Å². The van der Waals surface area contributed by atoms with Crippen LogP contribution in [-0.4, -0.2) is 12.9 Å². The summed E-state index contributed by atoms with van der Waals surface area (Å²) in [7, 11) is 0. The van der Waals surface area contributed by atoms with Crippen molar-refractivity contribution in [2.75, 3.05) is 6.61 Å². The Labute approximate surface area is 160 Å². The number of ether oxygens (including phenoxy) is 2. The summed E-state index contributed by atoms with van der Waals surface area (Å²) in [5.41, 5.74) is 2.87. The molecular weight excluding hydrogens is 332 g/mol. The van der Waals surface area contributed by atoms with Crippen LogP contribution in [0.1, 0.15) is 29.5 Å². The molecule has 2 nitrogen and oxygen atoms in total. The van der Waals surface area contributed by atoms with Gasteiger partial charge in [0.05, 0.1) is 0 Å². The van der Waals surface area contributed by atoms with Crippen molar-refractivity contribution in [1.82, 2.24) is 0 Å². The normalized spacial score (nSPS) is 17.9. The molecule has 1 fully saturated rings. The van der Waals surface area contributed by atoms with Crippen LogP contribution in [0, 0.1) is 11.8 Å². The van der Waals surface area contributed by atoms with Crippen LogP contribution in [0.25, 0.3) is 0 Å². The molecule has 0 amide bonds. The first-order chi connectivity index (χ1) is 13.4. The van der Waals surface area contributed by atoms with Crippen LogP contribution in [0.3, 0.4) is 0 Å². The van der Waals surface area contributed by atoms with Crippen LogP contribution in [0.15, 0.2) is 91.0 Å². The van der Waals surface area contributed by atoms with Crippen molar-refractivity contribution < 1.29 is 9.47 Å². The summed E-state index contributed by atoms with van der Waals surface area (Å²) in [5.74, 6) is 6.21. The van der Waals surface area contributed by atoms with Gasteiger partial charge in [0.15, 0.2) is 6.29 Å². The first-order valence-corrected chi connectivity index (χ1v) is 9.31. The number of hydrogen-bond acceptors (Lipinski definition) is 2. The summed E-state index contributed by atoms with van der Waals surface area (Å²) in [5, 5.41) is 0. The van der Waals surface area contributed by atoms with Crippen LogP contribution < -0.4 is 0 Å². The molecule has 0 radical (unpaired) electrons. The molecule has 3 aromatic rings. The fourth-order valence-electron chi connectivity index (χ4n) is 3.58. The van der Waals surface area contributed by atoms with Crippen LogP contribution in [0.4, 0.5) is 0 Å². The maximum absolute atomic E-state index is 6.48. The number of hydrogen-bond donors (Lipinski definition) is 0. The summed E-state index contributed by atoms with van der Waals surface area (Å²) >= 11 is 0. The molecule has 0 aromatic heterocycles. The maximum atomic E-state index is 6.48.